The Labute approximate surface area is 99.9 Å². The predicted molar refractivity (Wildman–Crippen MR) is 65.4 cm³/mol. The number of aryl methyl sites for hydroxylation is 2. The second kappa shape index (κ2) is 4.28. The maximum absolute atomic E-state index is 14.3. The number of hydrogen-bond donors (Lipinski definition) is 0. The van der Waals surface area contributed by atoms with Gasteiger partial charge in [0.25, 0.3) is 5.92 Å². The van der Waals surface area contributed by atoms with Crippen molar-refractivity contribution in [1.82, 2.24) is 0 Å². The van der Waals surface area contributed by atoms with Crippen molar-refractivity contribution in [3.8, 4) is 0 Å². The Morgan fingerprint density at radius 2 is 1.53 bits per heavy atom. The molecule has 88 valence electrons. The van der Waals surface area contributed by atoms with E-state index in [1.165, 1.54) is 18.2 Å². The first kappa shape index (κ1) is 11.8. The smallest absolute Gasteiger partial charge is 0.196 e. The maximum Gasteiger partial charge on any atom is 0.298 e. The van der Waals surface area contributed by atoms with E-state index in [0.717, 1.165) is 5.56 Å². The normalized spacial score (nSPS) is 11.5. The molecule has 0 nitrogen and oxygen atoms in total. The summed E-state index contributed by atoms with van der Waals surface area (Å²) >= 11 is 0. The molecule has 0 aromatic heterocycles. The van der Waals surface area contributed by atoms with Crippen molar-refractivity contribution in [1.29, 1.82) is 0 Å². The third-order valence-electron chi connectivity index (χ3n) is 2.86. The van der Waals surface area contributed by atoms with Crippen LogP contribution in [-0.2, 0) is 5.92 Å². The average molecular weight is 232 g/mol. The van der Waals surface area contributed by atoms with Gasteiger partial charge >= 0.3 is 0 Å². The topological polar surface area (TPSA) is 0 Å². The summed E-state index contributed by atoms with van der Waals surface area (Å²) in [6.07, 6.45) is 0. The predicted octanol–water partition coefficient (Wildman–Crippen LogP) is 4.44. The van der Waals surface area contributed by atoms with Crippen molar-refractivity contribution in [2.75, 3.05) is 0 Å². The van der Waals surface area contributed by atoms with Crippen LogP contribution in [0.4, 0.5) is 8.78 Å². The SMILES string of the molecule is Cc1ccc(C(F)(F)c2ccccc2)c(C)c1. The third-order valence-corrected chi connectivity index (χ3v) is 2.86. The molecule has 0 N–H and O–H groups in total. The Bertz CT molecular complexity index is 516. The molecular weight excluding hydrogens is 218 g/mol. The standard InChI is InChI=1S/C15H14F2/c1-11-8-9-14(12(2)10-11)15(16,17)13-6-4-3-5-7-13/h3-10H,1-2H3. The van der Waals surface area contributed by atoms with Crippen LogP contribution >= 0.6 is 0 Å². The number of benzene rings is 2. The molecule has 0 spiro atoms. The Morgan fingerprint density at radius 1 is 0.882 bits per heavy atom. The van der Waals surface area contributed by atoms with Crippen molar-refractivity contribution in [2.45, 2.75) is 19.8 Å². The van der Waals surface area contributed by atoms with Crippen molar-refractivity contribution in [3.05, 3.63) is 70.8 Å². The molecule has 2 heteroatoms. The summed E-state index contributed by atoms with van der Waals surface area (Å²) in [6.45, 7) is 3.62. The molecule has 0 amide bonds. The molecule has 0 saturated carbocycles. The fourth-order valence-corrected chi connectivity index (χ4v) is 1.97. The Kier molecular flexibility index (Phi) is 2.97. The molecule has 0 aliphatic rings. The van der Waals surface area contributed by atoms with E-state index in [2.05, 4.69) is 0 Å². The lowest BCUT2D eigenvalue weighted by Crippen LogP contribution is -2.16. The first-order valence-electron chi connectivity index (χ1n) is 5.53. The van der Waals surface area contributed by atoms with Crippen molar-refractivity contribution in [2.24, 2.45) is 0 Å². The van der Waals surface area contributed by atoms with Crippen molar-refractivity contribution >= 4 is 0 Å². The first-order valence-corrected chi connectivity index (χ1v) is 5.53. The lowest BCUT2D eigenvalue weighted by Gasteiger charge is -2.19. The minimum absolute atomic E-state index is 0.0342. The summed E-state index contributed by atoms with van der Waals surface area (Å²) in [7, 11) is 0. The lowest BCUT2D eigenvalue weighted by atomic mass is 9.95. The number of alkyl halides is 2. The van der Waals surface area contributed by atoms with Gasteiger partial charge < -0.3 is 0 Å². The molecule has 17 heavy (non-hydrogen) atoms. The second-order valence-corrected chi connectivity index (χ2v) is 4.26. The van der Waals surface area contributed by atoms with Gasteiger partial charge in [-0.05, 0) is 19.4 Å². The van der Waals surface area contributed by atoms with Gasteiger partial charge in [0.2, 0.25) is 0 Å². The highest BCUT2D eigenvalue weighted by atomic mass is 19.3. The minimum Gasteiger partial charge on any atom is -0.196 e. The van der Waals surface area contributed by atoms with Gasteiger partial charge in [0.1, 0.15) is 0 Å². The highest BCUT2D eigenvalue weighted by Crippen LogP contribution is 2.37. The van der Waals surface area contributed by atoms with Gasteiger partial charge in [0.05, 0.1) is 0 Å². The number of rotatable bonds is 2. The molecule has 2 rings (SSSR count). The van der Waals surface area contributed by atoms with E-state index >= 15 is 0 Å². The van der Waals surface area contributed by atoms with Crippen LogP contribution in [0, 0.1) is 13.8 Å². The van der Waals surface area contributed by atoms with Gasteiger partial charge in [-0.1, -0.05) is 54.1 Å². The van der Waals surface area contributed by atoms with Crippen LogP contribution < -0.4 is 0 Å². The molecule has 0 atom stereocenters. The quantitative estimate of drug-likeness (QED) is 0.718. The minimum atomic E-state index is -2.93. The van der Waals surface area contributed by atoms with Gasteiger partial charge in [-0.2, -0.15) is 8.78 Å². The fraction of sp³-hybridized carbons (Fsp3) is 0.200. The van der Waals surface area contributed by atoms with Crippen LogP contribution in [0.3, 0.4) is 0 Å². The molecule has 0 aliphatic carbocycles. The van der Waals surface area contributed by atoms with Gasteiger partial charge in [-0.3, -0.25) is 0 Å². The van der Waals surface area contributed by atoms with Crippen molar-refractivity contribution < 1.29 is 8.78 Å². The second-order valence-electron chi connectivity index (χ2n) is 4.26. The molecule has 2 aromatic carbocycles. The van der Waals surface area contributed by atoms with Gasteiger partial charge in [-0.15, -0.1) is 0 Å². The summed E-state index contributed by atoms with van der Waals surface area (Å²) < 4.78 is 28.6. The number of hydrogen-bond acceptors (Lipinski definition) is 0. The zero-order valence-corrected chi connectivity index (χ0v) is 9.87. The van der Waals surface area contributed by atoms with E-state index in [0.29, 0.717) is 5.56 Å². The fourth-order valence-electron chi connectivity index (χ4n) is 1.97. The highest BCUT2D eigenvalue weighted by Gasteiger charge is 2.34. The molecule has 0 bridgehead atoms. The summed E-state index contributed by atoms with van der Waals surface area (Å²) in [4.78, 5) is 0. The Morgan fingerprint density at radius 3 is 2.12 bits per heavy atom. The summed E-state index contributed by atoms with van der Waals surface area (Å²) in [6, 6.07) is 12.9. The van der Waals surface area contributed by atoms with Crippen LogP contribution in [0.1, 0.15) is 22.3 Å². The molecule has 0 fully saturated rings. The Hall–Kier alpha value is -1.70. The molecule has 0 aliphatic heterocycles. The third kappa shape index (κ3) is 2.21. The van der Waals surface area contributed by atoms with E-state index in [1.54, 1.807) is 37.3 Å². The molecule has 2 aromatic rings. The molecule has 0 unspecified atom stereocenters. The molecule has 0 saturated heterocycles. The zero-order chi connectivity index (χ0) is 12.5. The van der Waals surface area contributed by atoms with Gasteiger partial charge in [-0.25, -0.2) is 0 Å². The highest BCUT2D eigenvalue weighted by molar-refractivity contribution is 5.39. The Balaban J connectivity index is 2.52. The van der Waals surface area contributed by atoms with Crippen LogP contribution in [0.5, 0.6) is 0 Å². The summed E-state index contributed by atoms with van der Waals surface area (Å²) in [5, 5.41) is 0. The summed E-state index contributed by atoms with van der Waals surface area (Å²) in [5.74, 6) is -2.93. The molecule has 0 heterocycles. The van der Waals surface area contributed by atoms with E-state index in [4.69, 9.17) is 0 Å². The first-order chi connectivity index (χ1) is 8.01. The summed E-state index contributed by atoms with van der Waals surface area (Å²) in [5.41, 5.74) is 1.73. The van der Waals surface area contributed by atoms with Crippen LogP contribution in [0.2, 0.25) is 0 Å². The van der Waals surface area contributed by atoms with Gasteiger partial charge in [0, 0.05) is 11.1 Å². The molecule has 0 radical (unpaired) electrons. The van der Waals surface area contributed by atoms with Crippen LogP contribution in [0.25, 0.3) is 0 Å². The van der Waals surface area contributed by atoms with E-state index in [1.807, 2.05) is 6.92 Å². The lowest BCUT2D eigenvalue weighted by molar-refractivity contribution is 0.0421. The molecular formula is C15H14F2. The monoisotopic (exact) mass is 232 g/mol. The maximum atomic E-state index is 14.3. The van der Waals surface area contributed by atoms with Crippen molar-refractivity contribution in [3.63, 3.8) is 0 Å². The number of halogens is 2. The largest absolute Gasteiger partial charge is 0.298 e. The zero-order valence-electron chi connectivity index (χ0n) is 9.87. The van der Waals surface area contributed by atoms with E-state index < -0.39 is 5.92 Å². The average Bonchev–Trinajstić information content (AvgIpc) is 2.29. The van der Waals surface area contributed by atoms with Gasteiger partial charge in [0.15, 0.2) is 0 Å². The van der Waals surface area contributed by atoms with Crippen LogP contribution in [-0.4, -0.2) is 0 Å². The van der Waals surface area contributed by atoms with E-state index in [-0.39, 0.29) is 11.1 Å². The van der Waals surface area contributed by atoms with E-state index in [9.17, 15) is 8.78 Å². The van der Waals surface area contributed by atoms with Crippen LogP contribution in [0.15, 0.2) is 48.5 Å².